The van der Waals surface area contributed by atoms with Crippen LogP contribution in [0.3, 0.4) is 0 Å². The molecular formula is C22H25N3O3. The first kappa shape index (κ1) is 17.4. The van der Waals surface area contributed by atoms with Crippen LogP contribution >= 0.6 is 0 Å². The Hall–Kier alpha value is -2.70. The van der Waals surface area contributed by atoms with Gasteiger partial charge in [0.15, 0.2) is 0 Å². The molecule has 5 rings (SSSR count). The lowest BCUT2D eigenvalue weighted by molar-refractivity contribution is -0.143. The lowest BCUT2D eigenvalue weighted by atomic mass is 9.92. The molecule has 2 heterocycles. The molecule has 1 saturated carbocycles. The maximum atomic E-state index is 6.63. The molecule has 0 bridgehead atoms. The molecule has 0 amide bonds. The second kappa shape index (κ2) is 7.04. The van der Waals surface area contributed by atoms with Crippen molar-refractivity contribution in [2.24, 2.45) is 0 Å². The van der Waals surface area contributed by atoms with E-state index in [4.69, 9.17) is 25.7 Å². The Labute approximate surface area is 164 Å². The lowest BCUT2D eigenvalue weighted by Gasteiger charge is -2.30. The smallest absolute Gasteiger partial charge is 0.147 e. The van der Waals surface area contributed by atoms with E-state index in [1.54, 1.807) is 0 Å². The van der Waals surface area contributed by atoms with E-state index < -0.39 is 0 Å². The van der Waals surface area contributed by atoms with Gasteiger partial charge in [-0.25, -0.2) is 0 Å². The van der Waals surface area contributed by atoms with Crippen molar-refractivity contribution >= 4 is 22.3 Å². The van der Waals surface area contributed by atoms with E-state index in [1.807, 2.05) is 30.3 Å². The maximum Gasteiger partial charge on any atom is 0.147 e. The Morgan fingerprint density at radius 3 is 2.39 bits per heavy atom. The van der Waals surface area contributed by atoms with E-state index in [-0.39, 0.29) is 6.10 Å². The molecule has 1 aromatic heterocycles. The van der Waals surface area contributed by atoms with Gasteiger partial charge in [0.05, 0.1) is 30.1 Å². The van der Waals surface area contributed by atoms with Crippen molar-refractivity contribution in [3.8, 4) is 17.0 Å². The first-order chi connectivity index (χ1) is 13.7. The fourth-order valence-corrected chi connectivity index (χ4v) is 4.08. The van der Waals surface area contributed by atoms with Gasteiger partial charge in [0.25, 0.3) is 0 Å². The number of fused-ring (bicyclic) bond motifs is 1. The zero-order valence-electron chi connectivity index (χ0n) is 15.8. The number of nitrogens with two attached hydrogens (primary N) is 2. The molecular weight excluding hydrogens is 354 g/mol. The summed E-state index contributed by atoms with van der Waals surface area (Å²) in [6.07, 6.45) is 3.49. The third kappa shape index (κ3) is 2.99. The molecule has 2 fully saturated rings. The van der Waals surface area contributed by atoms with E-state index in [9.17, 15) is 0 Å². The van der Waals surface area contributed by atoms with E-state index in [2.05, 4.69) is 16.7 Å². The SMILES string of the molecule is Nc1ccc(-c2c(N)c3ccc(OC4COCOC4)cc3n2C2CCC2)cc1. The van der Waals surface area contributed by atoms with E-state index in [0.29, 0.717) is 26.0 Å². The summed E-state index contributed by atoms with van der Waals surface area (Å²) in [4.78, 5) is 0. The van der Waals surface area contributed by atoms with Gasteiger partial charge < -0.3 is 30.2 Å². The summed E-state index contributed by atoms with van der Waals surface area (Å²) in [6.45, 7) is 1.42. The van der Waals surface area contributed by atoms with Crippen LogP contribution in [0.1, 0.15) is 25.3 Å². The van der Waals surface area contributed by atoms with Gasteiger partial charge >= 0.3 is 0 Å². The molecule has 1 aliphatic heterocycles. The van der Waals surface area contributed by atoms with Crippen LogP contribution in [-0.4, -0.2) is 30.7 Å². The Kier molecular flexibility index (Phi) is 4.37. The van der Waals surface area contributed by atoms with Crippen LogP contribution in [0.4, 0.5) is 11.4 Å². The lowest BCUT2D eigenvalue weighted by Crippen LogP contribution is -2.33. The quantitative estimate of drug-likeness (QED) is 0.671. The molecule has 0 radical (unpaired) electrons. The molecule has 2 aliphatic rings. The zero-order chi connectivity index (χ0) is 19.1. The first-order valence-electron chi connectivity index (χ1n) is 9.82. The minimum Gasteiger partial charge on any atom is -0.486 e. The van der Waals surface area contributed by atoms with Crippen molar-refractivity contribution in [1.82, 2.24) is 4.57 Å². The number of nitrogen functional groups attached to an aromatic ring is 2. The first-order valence-corrected chi connectivity index (χ1v) is 9.82. The van der Waals surface area contributed by atoms with Crippen LogP contribution in [0.5, 0.6) is 5.75 Å². The average molecular weight is 379 g/mol. The van der Waals surface area contributed by atoms with Gasteiger partial charge in [0.2, 0.25) is 0 Å². The van der Waals surface area contributed by atoms with Crippen LogP contribution in [0.2, 0.25) is 0 Å². The summed E-state index contributed by atoms with van der Waals surface area (Å²) in [5.41, 5.74) is 17.3. The molecule has 0 unspecified atom stereocenters. The van der Waals surface area contributed by atoms with Gasteiger partial charge in [0, 0.05) is 28.7 Å². The molecule has 4 N–H and O–H groups in total. The highest BCUT2D eigenvalue weighted by molar-refractivity contribution is 6.01. The Morgan fingerprint density at radius 1 is 0.964 bits per heavy atom. The maximum absolute atomic E-state index is 6.63. The zero-order valence-corrected chi connectivity index (χ0v) is 15.8. The van der Waals surface area contributed by atoms with Crippen LogP contribution in [0.15, 0.2) is 42.5 Å². The third-order valence-electron chi connectivity index (χ3n) is 5.72. The summed E-state index contributed by atoms with van der Waals surface area (Å²) in [5, 5.41) is 1.06. The fraction of sp³-hybridized carbons (Fsp3) is 0.364. The Bertz CT molecular complexity index is 986. The van der Waals surface area contributed by atoms with Gasteiger partial charge in [0.1, 0.15) is 18.6 Å². The molecule has 0 atom stereocenters. The van der Waals surface area contributed by atoms with E-state index >= 15 is 0 Å². The topological polar surface area (TPSA) is 84.7 Å². The number of hydrogen-bond acceptors (Lipinski definition) is 5. The van der Waals surface area contributed by atoms with Crippen LogP contribution in [0.25, 0.3) is 22.2 Å². The molecule has 146 valence electrons. The van der Waals surface area contributed by atoms with Gasteiger partial charge in [-0.05, 0) is 43.5 Å². The van der Waals surface area contributed by atoms with Gasteiger partial charge in [-0.1, -0.05) is 12.1 Å². The molecule has 6 heteroatoms. The van der Waals surface area contributed by atoms with Crippen molar-refractivity contribution in [3.05, 3.63) is 42.5 Å². The van der Waals surface area contributed by atoms with E-state index in [0.717, 1.165) is 39.3 Å². The van der Waals surface area contributed by atoms with Crippen molar-refractivity contribution < 1.29 is 14.2 Å². The number of rotatable bonds is 4. The van der Waals surface area contributed by atoms with Crippen LogP contribution in [-0.2, 0) is 9.47 Å². The Balaban J connectivity index is 1.60. The van der Waals surface area contributed by atoms with Crippen LogP contribution < -0.4 is 16.2 Å². The van der Waals surface area contributed by atoms with Gasteiger partial charge in [-0.2, -0.15) is 0 Å². The normalized spacial score (nSPS) is 18.3. The Morgan fingerprint density at radius 2 is 1.71 bits per heavy atom. The molecule has 1 saturated heterocycles. The molecule has 3 aromatic rings. The van der Waals surface area contributed by atoms with Crippen molar-refractivity contribution in [2.75, 3.05) is 31.5 Å². The summed E-state index contributed by atoms with van der Waals surface area (Å²) >= 11 is 0. The fourth-order valence-electron chi connectivity index (χ4n) is 4.08. The summed E-state index contributed by atoms with van der Waals surface area (Å²) in [6, 6.07) is 14.5. The number of ether oxygens (including phenoxy) is 3. The number of benzene rings is 2. The highest BCUT2D eigenvalue weighted by atomic mass is 16.7. The molecule has 1 aliphatic carbocycles. The highest BCUT2D eigenvalue weighted by Gasteiger charge is 2.27. The van der Waals surface area contributed by atoms with Gasteiger partial charge in [-0.3, -0.25) is 0 Å². The molecule has 0 spiro atoms. The second-order valence-corrected chi connectivity index (χ2v) is 7.62. The average Bonchev–Trinajstić information content (AvgIpc) is 2.94. The summed E-state index contributed by atoms with van der Waals surface area (Å²) in [5.74, 6) is 0.813. The largest absolute Gasteiger partial charge is 0.486 e. The predicted molar refractivity (Wildman–Crippen MR) is 110 cm³/mol. The second-order valence-electron chi connectivity index (χ2n) is 7.62. The van der Waals surface area contributed by atoms with Crippen molar-refractivity contribution in [3.63, 3.8) is 0 Å². The standard InChI is InChI=1S/C22H25N3O3/c23-15-6-4-14(5-7-15)22-21(24)19-9-8-17(28-18-11-26-13-27-12-18)10-20(19)25(22)16-2-1-3-16/h4-10,16,18H,1-3,11-13,23-24H2. The minimum atomic E-state index is -0.0905. The monoisotopic (exact) mass is 379 g/mol. The van der Waals surface area contributed by atoms with Gasteiger partial charge in [-0.15, -0.1) is 0 Å². The minimum absolute atomic E-state index is 0.0905. The number of nitrogens with zero attached hydrogens (tertiary/aromatic N) is 1. The molecule has 2 aromatic carbocycles. The highest BCUT2D eigenvalue weighted by Crippen LogP contribution is 2.44. The number of hydrogen-bond donors (Lipinski definition) is 2. The van der Waals surface area contributed by atoms with Crippen molar-refractivity contribution in [1.29, 1.82) is 0 Å². The summed E-state index contributed by atoms with van der Waals surface area (Å²) < 4.78 is 19.2. The predicted octanol–water partition coefficient (Wildman–Crippen LogP) is 3.95. The van der Waals surface area contributed by atoms with E-state index in [1.165, 1.54) is 19.3 Å². The van der Waals surface area contributed by atoms with Crippen molar-refractivity contribution in [2.45, 2.75) is 31.4 Å². The third-order valence-corrected chi connectivity index (χ3v) is 5.72. The number of aromatic nitrogens is 1. The molecule has 28 heavy (non-hydrogen) atoms. The summed E-state index contributed by atoms with van der Waals surface area (Å²) in [7, 11) is 0. The number of anilines is 2. The molecule has 6 nitrogen and oxygen atoms in total. The van der Waals surface area contributed by atoms with Crippen LogP contribution in [0, 0.1) is 0 Å².